The van der Waals surface area contributed by atoms with Crippen molar-refractivity contribution in [3.05, 3.63) is 59.2 Å². The number of amides is 1. The maximum atomic E-state index is 11.4. The van der Waals surface area contributed by atoms with Gasteiger partial charge in [-0.05, 0) is 42.3 Å². The lowest BCUT2D eigenvalue weighted by molar-refractivity contribution is 0.100. The van der Waals surface area contributed by atoms with Crippen molar-refractivity contribution in [2.45, 2.75) is 13.0 Å². The number of rotatable bonds is 5. The summed E-state index contributed by atoms with van der Waals surface area (Å²) in [5, 5.41) is 13.2. The third-order valence-electron chi connectivity index (χ3n) is 3.25. The second-order valence-corrected chi connectivity index (χ2v) is 4.98. The molecule has 0 spiro atoms. The third kappa shape index (κ3) is 3.73. The zero-order chi connectivity index (χ0) is 15.4. The molecule has 0 aliphatic heterocycles. The number of nitrogen functional groups attached to an aromatic ring is 1. The van der Waals surface area contributed by atoms with Gasteiger partial charge in [0.1, 0.15) is 0 Å². The minimum absolute atomic E-state index is 0.271. The van der Waals surface area contributed by atoms with E-state index in [0.717, 1.165) is 11.1 Å². The van der Waals surface area contributed by atoms with Crippen molar-refractivity contribution in [3.63, 3.8) is 0 Å². The summed E-state index contributed by atoms with van der Waals surface area (Å²) in [5.41, 5.74) is 14.4. The first-order valence-electron chi connectivity index (χ1n) is 6.65. The third-order valence-corrected chi connectivity index (χ3v) is 3.25. The standard InChI is InChI=1S/C16H19N3O2/c1-10-2-7-13(16(18)21)14(8-10)19-9-15(20)11-3-5-12(17)6-4-11/h2-8,15,19-20H,9,17H2,1H3,(H2,18,21). The fourth-order valence-electron chi connectivity index (χ4n) is 2.06. The number of nitrogens with two attached hydrogens (primary N) is 2. The lowest BCUT2D eigenvalue weighted by Gasteiger charge is -2.15. The molecule has 5 heteroatoms. The number of carbonyl (C=O) groups is 1. The quantitative estimate of drug-likeness (QED) is 0.629. The van der Waals surface area contributed by atoms with Crippen LogP contribution in [-0.2, 0) is 0 Å². The number of carbonyl (C=O) groups excluding carboxylic acids is 1. The highest BCUT2D eigenvalue weighted by atomic mass is 16.3. The number of hydrogen-bond donors (Lipinski definition) is 4. The summed E-state index contributed by atoms with van der Waals surface area (Å²) < 4.78 is 0. The first kappa shape index (κ1) is 14.9. The number of aliphatic hydroxyl groups is 1. The van der Waals surface area contributed by atoms with Gasteiger partial charge in [-0.2, -0.15) is 0 Å². The molecule has 110 valence electrons. The van der Waals surface area contributed by atoms with E-state index in [0.29, 0.717) is 16.9 Å². The predicted molar refractivity (Wildman–Crippen MR) is 84.0 cm³/mol. The van der Waals surface area contributed by atoms with Crippen molar-refractivity contribution >= 4 is 17.3 Å². The van der Waals surface area contributed by atoms with Crippen LogP contribution < -0.4 is 16.8 Å². The van der Waals surface area contributed by atoms with Crippen LogP contribution in [0.1, 0.15) is 27.6 Å². The fraction of sp³-hybridized carbons (Fsp3) is 0.188. The van der Waals surface area contributed by atoms with Crippen LogP contribution in [0.4, 0.5) is 11.4 Å². The van der Waals surface area contributed by atoms with Crippen LogP contribution in [0, 0.1) is 6.92 Å². The Labute approximate surface area is 123 Å². The van der Waals surface area contributed by atoms with Crippen molar-refractivity contribution in [2.24, 2.45) is 5.73 Å². The summed E-state index contributed by atoms with van der Waals surface area (Å²) in [6.45, 7) is 2.19. The number of aliphatic hydroxyl groups excluding tert-OH is 1. The number of benzene rings is 2. The molecule has 2 aromatic carbocycles. The molecule has 1 atom stereocenters. The number of anilines is 2. The van der Waals surface area contributed by atoms with E-state index in [1.54, 1.807) is 30.3 Å². The van der Waals surface area contributed by atoms with E-state index < -0.39 is 12.0 Å². The lowest BCUT2D eigenvalue weighted by Crippen LogP contribution is -2.17. The van der Waals surface area contributed by atoms with Gasteiger partial charge >= 0.3 is 0 Å². The highest BCUT2D eigenvalue weighted by molar-refractivity contribution is 5.98. The molecular weight excluding hydrogens is 266 g/mol. The maximum Gasteiger partial charge on any atom is 0.250 e. The SMILES string of the molecule is Cc1ccc(C(N)=O)c(NCC(O)c2ccc(N)cc2)c1. The maximum absolute atomic E-state index is 11.4. The van der Waals surface area contributed by atoms with Crippen molar-refractivity contribution in [1.82, 2.24) is 0 Å². The topological polar surface area (TPSA) is 101 Å². The Bertz CT molecular complexity index is 638. The summed E-state index contributed by atoms with van der Waals surface area (Å²) in [6.07, 6.45) is -0.702. The molecule has 1 unspecified atom stereocenters. The van der Waals surface area contributed by atoms with E-state index in [-0.39, 0.29) is 6.54 Å². The van der Waals surface area contributed by atoms with Gasteiger partial charge in [0.15, 0.2) is 0 Å². The molecule has 2 aromatic rings. The van der Waals surface area contributed by atoms with Crippen molar-refractivity contribution in [1.29, 1.82) is 0 Å². The fourth-order valence-corrected chi connectivity index (χ4v) is 2.06. The van der Waals surface area contributed by atoms with Crippen LogP contribution >= 0.6 is 0 Å². The number of hydrogen-bond acceptors (Lipinski definition) is 4. The first-order valence-corrected chi connectivity index (χ1v) is 6.65. The molecule has 2 rings (SSSR count). The Morgan fingerprint density at radius 1 is 1.24 bits per heavy atom. The summed E-state index contributed by atoms with van der Waals surface area (Å²) in [5.74, 6) is -0.500. The zero-order valence-corrected chi connectivity index (χ0v) is 11.8. The molecule has 1 amide bonds. The minimum Gasteiger partial charge on any atom is -0.399 e. The van der Waals surface area contributed by atoms with Gasteiger partial charge in [-0.1, -0.05) is 18.2 Å². The molecule has 0 bridgehead atoms. The molecule has 0 aromatic heterocycles. The van der Waals surface area contributed by atoms with Crippen LogP contribution in [-0.4, -0.2) is 17.6 Å². The molecule has 0 heterocycles. The van der Waals surface area contributed by atoms with Gasteiger partial charge in [-0.15, -0.1) is 0 Å². The van der Waals surface area contributed by atoms with Crippen LogP contribution in [0.15, 0.2) is 42.5 Å². The van der Waals surface area contributed by atoms with Crippen LogP contribution in [0.25, 0.3) is 0 Å². The van der Waals surface area contributed by atoms with Crippen LogP contribution in [0.3, 0.4) is 0 Å². The number of nitrogens with one attached hydrogen (secondary N) is 1. The van der Waals surface area contributed by atoms with E-state index in [4.69, 9.17) is 11.5 Å². The second-order valence-electron chi connectivity index (χ2n) is 4.98. The zero-order valence-electron chi connectivity index (χ0n) is 11.8. The van der Waals surface area contributed by atoms with E-state index in [1.165, 1.54) is 0 Å². The van der Waals surface area contributed by atoms with Gasteiger partial charge in [0.2, 0.25) is 0 Å². The minimum atomic E-state index is -0.702. The Balaban J connectivity index is 2.10. The summed E-state index contributed by atoms with van der Waals surface area (Å²) >= 11 is 0. The molecule has 6 N–H and O–H groups in total. The molecular formula is C16H19N3O2. The highest BCUT2D eigenvalue weighted by Gasteiger charge is 2.11. The van der Waals surface area contributed by atoms with Crippen molar-refractivity contribution in [3.8, 4) is 0 Å². The van der Waals surface area contributed by atoms with Gasteiger partial charge in [0.05, 0.1) is 11.7 Å². The monoisotopic (exact) mass is 285 g/mol. The Morgan fingerprint density at radius 2 is 1.90 bits per heavy atom. The first-order chi connectivity index (χ1) is 9.97. The summed E-state index contributed by atoms with van der Waals surface area (Å²) in [7, 11) is 0. The van der Waals surface area contributed by atoms with E-state index in [1.807, 2.05) is 19.1 Å². The average molecular weight is 285 g/mol. The lowest BCUT2D eigenvalue weighted by atomic mass is 10.1. The summed E-state index contributed by atoms with van der Waals surface area (Å²) in [4.78, 5) is 11.4. The van der Waals surface area contributed by atoms with Crippen LogP contribution in [0.2, 0.25) is 0 Å². The molecule has 0 fully saturated rings. The summed E-state index contributed by atoms with van der Waals surface area (Å²) in [6, 6.07) is 12.3. The second kappa shape index (κ2) is 6.28. The predicted octanol–water partition coefficient (Wildman–Crippen LogP) is 1.82. The number of aryl methyl sites for hydroxylation is 1. The van der Waals surface area contributed by atoms with E-state index >= 15 is 0 Å². The van der Waals surface area contributed by atoms with Gasteiger partial charge in [-0.25, -0.2) is 0 Å². The van der Waals surface area contributed by atoms with Gasteiger partial charge in [-0.3, -0.25) is 4.79 Å². The number of primary amides is 1. The molecule has 0 saturated carbocycles. The van der Waals surface area contributed by atoms with Gasteiger partial charge in [0, 0.05) is 17.9 Å². The molecule has 0 aliphatic carbocycles. The van der Waals surface area contributed by atoms with Crippen molar-refractivity contribution in [2.75, 3.05) is 17.6 Å². The van der Waals surface area contributed by atoms with Crippen molar-refractivity contribution < 1.29 is 9.90 Å². The highest BCUT2D eigenvalue weighted by Crippen LogP contribution is 2.20. The Morgan fingerprint density at radius 3 is 2.52 bits per heavy atom. The largest absolute Gasteiger partial charge is 0.399 e. The molecule has 21 heavy (non-hydrogen) atoms. The molecule has 5 nitrogen and oxygen atoms in total. The Hall–Kier alpha value is -2.53. The van der Waals surface area contributed by atoms with Gasteiger partial charge in [0.25, 0.3) is 5.91 Å². The van der Waals surface area contributed by atoms with E-state index in [9.17, 15) is 9.90 Å². The smallest absolute Gasteiger partial charge is 0.250 e. The molecule has 0 saturated heterocycles. The van der Waals surface area contributed by atoms with Gasteiger partial charge < -0.3 is 21.9 Å². The molecule has 0 aliphatic rings. The van der Waals surface area contributed by atoms with E-state index in [2.05, 4.69) is 5.32 Å². The van der Waals surface area contributed by atoms with Crippen LogP contribution in [0.5, 0.6) is 0 Å². The molecule has 0 radical (unpaired) electrons. The average Bonchev–Trinajstić information content (AvgIpc) is 2.45. The normalized spacial score (nSPS) is 11.9. The Kier molecular flexibility index (Phi) is 4.45.